The molecule has 2 aromatic rings. The second-order valence-electron chi connectivity index (χ2n) is 6.58. The van der Waals surface area contributed by atoms with Gasteiger partial charge in [-0.05, 0) is 43.8 Å². The number of nitrogens with one attached hydrogen (secondary N) is 1. The topological polar surface area (TPSA) is 111 Å². The molecule has 0 radical (unpaired) electrons. The van der Waals surface area contributed by atoms with Gasteiger partial charge in [-0.3, -0.25) is 9.69 Å². The van der Waals surface area contributed by atoms with Gasteiger partial charge in [-0.2, -0.15) is 0 Å². The van der Waals surface area contributed by atoms with Crippen LogP contribution in [0.4, 0.5) is 14.5 Å². The summed E-state index contributed by atoms with van der Waals surface area (Å²) in [4.78, 5) is 14.0. The number of nitrogens with zero attached hydrogens (tertiary/aromatic N) is 1. The number of primary sulfonamides is 1. The zero-order chi connectivity index (χ0) is 21.4. The summed E-state index contributed by atoms with van der Waals surface area (Å²) in [6.45, 7) is 1.85. The summed E-state index contributed by atoms with van der Waals surface area (Å²) in [5.74, 6) is -0.641. The van der Waals surface area contributed by atoms with Crippen LogP contribution in [0.3, 0.4) is 0 Å². The molecule has 1 atom stereocenters. The molecule has 3 rings (SSSR count). The summed E-state index contributed by atoms with van der Waals surface area (Å²) >= 11 is 0. The minimum absolute atomic E-state index is 0.00207. The second kappa shape index (κ2) is 7.58. The van der Waals surface area contributed by atoms with Crippen LogP contribution in [0.2, 0.25) is 0 Å². The number of likely N-dealkylation sites (N-methyl/N-ethyl adjacent to an activating group) is 1. The van der Waals surface area contributed by atoms with Crippen molar-refractivity contribution >= 4 is 21.6 Å². The lowest BCUT2D eigenvalue weighted by atomic mass is 10.1. The number of amides is 1. The molecule has 8 nitrogen and oxygen atoms in total. The van der Waals surface area contributed by atoms with E-state index in [4.69, 9.17) is 5.14 Å². The van der Waals surface area contributed by atoms with Gasteiger partial charge in [0.2, 0.25) is 15.9 Å². The predicted molar refractivity (Wildman–Crippen MR) is 100 cm³/mol. The highest BCUT2D eigenvalue weighted by Crippen LogP contribution is 2.42. The molecule has 2 aromatic carbocycles. The second-order valence-corrected chi connectivity index (χ2v) is 8.14. The van der Waals surface area contributed by atoms with Crippen LogP contribution in [0.5, 0.6) is 11.5 Å². The van der Waals surface area contributed by atoms with Crippen molar-refractivity contribution in [1.82, 2.24) is 4.90 Å². The maximum Gasteiger partial charge on any atom is 0.586 e. The molecular weight excluding hydrogens is 408 g/mol. The third-order valence-corrected chi connectivity index (χ3v) is 5.36. The zero-order valence-electron chi connectivity index (χ0n) is 15.6. The number of carbonyl (C=O) groups is 1. The predicted octanol–water partition coefficient (Wildman–Crippen LogP) is 2.29. The molecule has 1 aliphatic rings. The van der Waals surface area contributed by atoms with Gasteiger partial charge in [0.15, 0.2) is 11.5 Å². The van der Waals surface area contributed by atoms with E-state index >= 15 is 0 Å². The molecule has 0 fully saturated rings. The van der Waals surface area contributed by atoms with E-state index in [0.717, 1.165) is 5.56 Å². The lowest BCUT2D eigenvalue weighted by Crippen LogP contribution is -2.32. The van der Waals surface area contributed by atoms with Crippen LogP contribution < -0.4 is 19.9 Å². The molecule has 0 unspecified atom stereocenters. The first-order valence-corrected chi connectivity index (χ1v) is 10.0. The lowest BCUT2D eigenvalue weighted by molar-refractivity contribution is -0.286. The Morgan fingerprint density at radius 3 is 2.41 bits per heavy atom. The third kappa shape index (κ3) is 5.00. The highest BCUT2D eigenvalue weighted by molar-refractivity contribution is 7.89. The first-order chi connectivity index (χ1) is 13.4. The molecule has 156 valence electrons. The largest absolute Gasteiger partial charge is 0.586 e. The molecule has 1 aliphatic heterocycles. The lowest BCUT2D eigenvalue weighted by Gasteiger charge is -2.24. The van der Waals surface area contributed by atoms with E-state index in [2.05, 4.69) is 14.8 Å². The summed E-state index contributed by atoms with van der Waals surface area (Å²) < 4.78 is 57.5. The summed E-state index contributed by atoms with van der Waals surface area (Å²) in [6.07, 6.45) is -3.72. The van der Waals surface area contributed by atoms with Crippen LogP contribution in [0, 0.1) is 0 Å². The van der Waals surface area contributed by atoms with Gasteiger partial charge < -0.3 is 14.8 Å². The maximum absolute atomic E-state index is 13.1. The van der Waals surface area contributed by atoms with Crippen molar-refractivity contribution in [3.05, 3.63) is 48.0 Å². The van der Waals surface area contributed by atoms with Crippen molar-refractivity contribution in [1.29, 1.82) is 0 Å². The Hall–Kier alpha value is -2.76. The minimum Gasteiger partial charge on any atom is -0.395 e. The van der Waals surface area contributed by atoms with Crippen molar-refractivity contribution in [2.45, 2.75) is 24.2 Å². The molecule has 3 N–H and O–H groups in total. The summed E-state index contributed by atoms with van der Waals surface area (Å²) in [7, 11) is -2.05. The van der Waals surface area contributed by atoms with E-state index in [1.165, 1.54) is 30.3 Å². The molecule has 1 heterocycles. The molecule has 1 amide bonds. The Kier molecular flexibility index (Phi) is 5.48. The van der Waals surface area contributed by atoms with Gasteiger partial charge >= 0.3 is 6.29 Å². The summed E-state index contributed by atoms with van der Waals surface area (Å²) in [5, 5.41) is 7.69. The molecule has 0 saturated heterocycles. The van der Waals surface area contributed by atoms with E-state index in [1.807, 2.05) is 6.92 Å². The van der Waals surface area contributed by atoms with Crippen LogP contribution in [0.25, 0.3) is 0 Å². The van der Waals surface area contributed by atoms with Crippen LogP contribution in [-0.2, 0) is 14.8 Å². The Morgan fingerprint density at radius 1 is 1.17 bits per heavy atom. The average molecular weight is 427 g/mol. The Balaban J connectivity index is 1.61. The van der Waals surface area contributed by atoms with Crippen molar-refractivity contribution in [3.8, 4) is 11.5 Å². The first-order valence-electron chi connectivity index (χ1n) is 8.47. The van der Waals surface area contributed by atoms with Crippen molar-refractivity contribution < 1.29 is 31.5 Å². The fraction of sp³-hybridized carbons (Fsp3) is 0.278. The van der Waals surface area contributed by atoms with Crippen LogP contribution in [0.1, 0.15) is 18.5 Å². The smallest absolute Gasteiger partial charge is 0.395 e. The molecule has 0 bridgehead atoms. The van der Waals surface area contributed by atoms with Crippen molar-refractivity contribution in [3.63, 3.8) is 0 Å². The SMILES string of the molecule is C[C@@H](c1ccc(S(N)(=O)=O)cc1)N(C)CC(=O)Nc1ccc2c(c1)OC(F)(F)O2. The van der Waals surface area contributed by atoms with Crippen LogP contribution in [-0.4, -0.2) is 39.1 Å². The minimum atomic E-state index is -3.77. The van der Waals surface area contributed by atoms with Crippen molar-refractivity contribution in [2.75, 3.05) is 18.9 Å². The Labute approximate surface area is 166 Å². The highest BCUT2D eigenvalue weighted by atomic mass is 32.2. The number of rotatable bonds is 6. The maximum atomic E-state index is 13.1. The number of nitrogens with two attached hydrogens (primary N) is 1. The standard InChI is InChI=1S/C18H19F2N3O5S/c1-11(12-3-6-14(7-4-12)29(21,25)26)23(2)10-17(24)22-13-5-8-15-16(9-13)28-18(19,20)27-15/h3-9,11H,10H2,1-2H3,(H,22,24)(H2,21,25,26)/t11-/m0/s1. The summed E-state index contributed by atoms with van der Waals surface area (Å²) in [6, 6.07) is 9.81. The fourth-order valence-corrected chi connectivity index (χ4v) is 3.30. The zero-order valence-corrected chi connectivity index (χ0v) is 16.4. The number of carbonyl (C=O) groups excluding carboxylic acids is 1. The monoisotopic (exact) mass is 427 g/mol. The van der Waals surface area contributed by atoms with Crippen molar-refractivity contribution in [2.24, 2.45) is 5.14 Å². The number of hydrogen-bond donors (Lipinski definition) is 2. The van der Waals surface area contributed by atoms with Crippen LogP contribution in [0.15, 0.2) is 47.4 Å². The van der Waals surface area contributed by atoms with Gasteiger partial charge in [0.25, 0.3) is 0 Å². The molecule has 0 aliphatic carbocycles. The number of benzene rings is 2. The Bertz CT molecular complexity index is 1030. The molecular formula is C18H19F2N3O5S. The molecule has 0 saturated carbocycles. The first kappa shape index (κ1) is 21.0. The van der Waals surface area contributed by atoms with Gasteiger partial charge in [0, 0.05) is 17.8 Å². The molecule has 0 aromatic heterocycles. The van der Waals surface area contributed by atoms with Gasteiger partial charge in [0.05, 0.1) is 11.4 Å². The number of ether oxygens (including phenoxy) is 2. The number of anilines is 1. The third-order valence-electron chi connectivity index (χ3n) is 4.43. The number of hydrogen-bond acceptors (Lipinski definition) is 6. The van der Waals surface area contributed by atoms with E-state index in [-0.39, 0.29) is 40.6 Å². The van der Waals surface area contributed by atoms with Gasteiger partial charge in [0.1, 0.15) is 0 Å². The highest BCUT2D eigenvalue weighted by Gasteiger charge is 2.43. The number of alkyl halides is 2. The number of sulfonamides is 1. The van der Waals surface area contributed by atoms with Gasteiger partial charge in [-0.25, -0.2) is 13.6 Å². The fourth-order valence-electron chi connectivity index (χ4n) is 2.78. The van der Waals surface area contributed by atoms with E-state index in [9.17, 15) is 22.0 Å². The molecule has 29 heavy (non-hydrogen) atoms. The molecule has 0 spiro atoms. The van der Waals surface area contributed by atoms with Gasteiger partial charge in [-0.1, -0.05) is 12.1 Å². The van der Waals surface area contributed by atoms with E-state index < -0.39 is 16.3 Å². The van der Waals surface area contributed by atoms with Gasteiger partial charge in [-0.15, -0.1) is 8.78 Å². The number of fused-ring (bicyclic) bond motifs is 1. The normalized spacial score (nSPS) is 15.9. The van der Waals surface area contributed by atoms with E-state index in [1.54, 1.807) is 24.1 Å². The molecule has 11 heteroatoms. The quantitative estimate of drug-likeness (QED) is 0.732. The average Bonchev–Trinajstić information content (AvgIpc) is 2.93. The number of halogens is 2. The van der Waals surface area contributed by atoms with E-state index in [0.29, 0.717) is 0 Å². The summed E-state index contributed by atoms with van der Waals surface area (Å²) in [5.41, 5.74) is 1.08. The van der Waals surface area contributed by atoms with Crippen LogP contribution >= 0.6 is 0 Å². The Morgan fingerprint density at radius 2 is 1.79 bits per heavy atom.